The Morgan fingerprint density at radius 1 is 1.27 bits per heavy atom. The molecule has 1 unspecified atom stereocenters. The third-order valence-corrected chi connectivity index (χ3v) is 5.18. The molecule has 7 heteroatoms. The highest BCUT2D eigenvalue weighted by Gasteiger charge is 2.38. The van der Waals surface area contributed by atoms with Gasteiger partial charge in [-0.05, 0) is 24.3 Å². The molecule has 3 heterocycles. The zero-order valence-electron chi connectivity index (χ0n) is 14.9. The predicted octanol–water partition coefficient (Wildman–Crippen LogP) is 1.85. The van der Waals surface area contributed by atoms with Crippen LogP contribution in [0.25, 0.3) is 0 Å². The first kappa shape index (κ1) is 17.1. The molecule has 0 spiro atoms. The van der Waals surface area contributed by atoms with Crippen LogP contribution in [0.2, 0.25) is 0 Å². The Labute approximate surface area is 152 Å². The van der Waals surface area contributed by atoms with Crippen LogP contribution < -0.4 is 4.90 Å². The molecular formula is C19H24N4O3. The first-order chi connectivity index (χ1) is 12.8. The Kier molecular flexibility index (Phi) is 4.90. The maximum absolute atomic E-state index is 13.1. The van der Waals surface area contributed by atoms with Gasteiger partial charge < -0.3 is 24.3 Å². The minimum absolute atomic E-state index is 0.0134. The average Bonchev–Trinajstić information content (AvgIpc) is 3.37. The number of anilines is 1. The van der Waals surface area contributed by atoms with Crippen LogP contribution in [0.4, 0.5) is 5.69 Å². The minimum atomic E-state index is -0.0821. The Morgan fingerprint density at radius 2 is 2.04 bits per heavy atom. The molecule has 0 bridgehead atoms. The molecule has 2 saturated heterocycles. The number of benzene rings is 1. The van der Waals surface area contributed by atoms with Gasteiger partial charge in [-0.1, -0.05) is 0 Å². The van der Waals surface area contributed by atoms with Crippen molar-refractivity contribution in [2.24, 2.45) is 0 Å². The van der Waals surface area contributed by atoms with Gasteiger partial charge in [0, 0.05) is 56.8 Å². The van der Waals surface area contributed by atoms with Gasteiger partial charge in [0.25, 0.3) is 5.91 Å². The Hall–Kier alpha value is -2.38. The number of nitrogens with one attached hydrogen (secondary N) is 1. The smallest absolute Gasteiger partial charge is 0.254 e. The van der Waals surface area contributed by atoms with E-state index >= 15 is 0 Å². The molecule has 1 aromatic heterocycles. The van der Waals surface area contributed by atoms with Gasteiger partial charge in [0.1, 0.15) is 5.82 Å². The van der Waals surface area contributed by atoms with Gasteiger partial charge >= 0.3 is 0 Å². The maximum atomic E-state index is 13.1. The number of carbonyl (C=O) groups excluding carboxylic acids is 1. The third kappa shape index (κ3) is 3.32. The van der Waals surface area contributed by atoms with Crippen LogP contribution >= 0.6 is 0 Å². The van der Waals surface area contributed by atoms with Gasteiger partial charge in [-0.2, -0.15) is 0 Å². The van der Waals surface area contributed by atoms with Crippen molar-refractivity contribution in [1.29, 1.82) is 0 Å². The molecule has 2 atom stereocenters. The van der Waals surface area contributed by atoms with E-state index < -0.39 is 0 Å². The lowest BCUT2D eigenvalue weighted by Gasteiger charge is -2.29. The Morgan fingerprint density at radius 3 is 2.69 bits per heavy atom. The van der Waals surface area contributed by atoms with Crippen molar-refractivity contribution >= 4 is 11.6 Å². The highest BCUT2D eigenvalue weighted by Crippen LogP contribution is 2.33. The average molecular weight is 356 g/mol. The predicted molar refractivity (Wildman–Crippen MR) is 97.3 cm³/mol. The standard InChI is InChI=1S/C19H24N4O3/c1-25-16-12-17(18-20-6-7-21-18)23(13-16)19(24)14-2-4-15(5-3-14)22-8-10-26-11-9-22/h2-7,16-17H,8-13H2,1H3,(H,20,21)/t16-,17?/m1/s1. The number of H-pyrrole nitrogens is 1. The van der Waals surface area contributed by atoms with E-state index in [0.29, 0.717) is 12.1 Å². The van der Waals surface area contributed by atoms with Crippen LogP contribution in [-0.4, -0.2) is 66.8 Å². The summed E-state index contributed by atoms with van der Waals surface area (Å²) in [5, 5.41) is 0. The monoisotopic (exact) mass is 356 g/mol. The largest absolute Gasteiger partial charge is 0.380 e. The highest BCUT2D eigenvalue weighted by molar-refractivity contribution is 5.95. The number of aromatic amines is 1. The zero-order chi connectivity index (χ0) is 17.9. The van der Waals surface area contributed by atoms with E-state index in [1.807, 2.05) is 29.2 Å². The van der Waals surface area contributed by atoms with Crippen LogP contribution in [0.5, 0.6) is 0 Å². The number of aromatic nitrogens is 2. The van der Waals surface area contributed by atoms with Crippen molar-refractivity contribution in [2.75, 3.05) is 44.9 Å². The molecule has 1 amide bonds. The number of ether oxygens (including phenoxy) is 2. The first-order valence-electron chi connectivity index (χ1n) is 9.02. The molecule has 1 aromatic carbocycles. The van der Waals surface area contributed by atoms with Gasteiger partial charge in [0.15, 0.2) is 0 Å². The van der Waals surface area contributed by atoms with Gasteiger partial charge in [0.05, 0.1) is 25.4 Å². The van der Waals surface area contributed by atoms with Crippen LogP contribution in [-0.2, 0) is 9.47 Å². The molecule has 0 radical (unpaired) electrons. The quantitative estimate of drug-likeness (QED) is 0.905. The van der Waals surface area contributed by atoms with Crippen molar-refractivity contribution in [1.82, 2.24) is 14.9 Å². The van der Waals surface area contributed by atoms with Crippen molar-refractivity contribution in [3.8, 4) is 0 Å². The second-order valence-electron chi connectivity index (χ2n) is 6.69. The van der Waals surface area contributed by atoms with Crippen LogP contribution in [0.15, 0.2) is 36.7 Å². The normalized spacial score (nSPS) is 23.4. The van der Waals surface area contributed by atoms with Crippen molar-refractivity contribution in [3.05, 3.63) is 48.0 Å². The molecule has 138 valence electrons. The van der Waals surface area contributed by atoms with Crippen molar-refractivity contribution < 1.29 is 14.3 Å². The summed E-state index contributed by atoms with van der Waals surface area (Å²) in [4.78, 5) is 24.7. The van der Waals surface area contributed by atoms with Gasteiger partial charge in [-0.3, -0.25) is 4.79 Å². The van der Waals surface area contributed by atoms with Gasteiger partial charge in [-0.25, -0.2) is 4.98 Å². The van der Waals surface area contributed by atoms with E-state index in [0.717, 1.165) is 44.2 Å². The molecular weight excluding hydrogens is 332 g/mol. The van der Waals surface area contributed by atoms with Crippen LogP contribution in [0.1, 0.15) is 28.6 Å². The summed E-state index contributed by atoms with van der Waals surface area (Å²) in [6.45, 7) is 3.84. The number of nitrogens with zero attached hydrogens (tertiary/aromatic N) is 3. The lowest BCUT2D eigenvalue weighted by Crippen LogP contribution is -2.36. The van der Waals surface area contributed by atoms with E-state index in [4.69, 9.17) is 9.47 Å². The fourth-order valence-corrected chi connectivity index (χ4v) is 3.71. The first-order valence-corrected chi connectivity index (χ1v) is 9.02. The summed E-state index contributed by atoms with van der Waals surface area (Å²) in [5.74, 6) is 0.822. The Bertz CT molecular complexity index is 726. The second-order valence-corrected chi connectivity index (χ2v) is 6.69. The number of amides is 1. The lowest BCUT2D eigenvalue weighted by molar-refractivity contribution is 0.0684. The molecule has 0 aliphatic carbocycles. The summed E-state index contributed by atoms with van der Waals surface area (Å²) >= 11 is 0. The van der Waals surface area contributed by atoms with E-state index in [2.05, 4.69) is 14.9 Å². The van der Waals surface area contributed by atoms with Crippen molar-refractivity contribution in [3.63, 3.8) is 0 Å². The number of hydrogen-bond donors (Lipinski definition) is 1. The van der Waals surface area contributed by atoms with Crippen LogP contribution in [0.3, 0.4) is 0 Å². The molecule has 1 N–H and O–H groups in total. The number of methoxy groups -OCH3 is 1. The minimum Gasteiger partial charge on any atom is -0.380 e. The van der Waals surface area contributed by atoms with Gasteiger partial charge in [-0.15, -0.1) is 0 Å². The lowest BCUT2D eigenvalue weighted by atomic mass is 10.1. The molecule has 2 aliphatic rings. The number of hydrogen-bond acceptors (Lipinski definition) is 5. The van der Waals surface area contributed by atoms with E-state index in [1.54, 1.807) is 19.5 Å². The van der Waals surface area contributed by atoms with Gasteiger partial charge in [0.2, 0.25) is 0 Å². The molecule has 4 rings (SSSR count). The molecule has 2 aromatic rings. The maximum Gasteiger partial charge on any atom is 0.254 e. The molecule has 26 heavy (non-hydrogen) atoms. The SMILES string of the molecule is CO[C@@H]1CC(c2ncc[nH]2)N(C(=O)c2ccc(N3CCOCC3)cc2)C1. The summed E-state index contributed by atoms with van der Waals surface area (Å²) < 4.78 is 10.9. The van der Waals surface area contributed by atoms with Crippen LogP contribution in [0, 0.1) is 0 Å². The second kappa shape index (κ2) is 7.47. The summed E-state index contributed by atoms with van der Waals surface area (Å²) in [5.41, 5.74) is 1.82. The number of rotatable bonds is 4. The number of imidazole rings is 1. The topological polar surface area (TPSA) is 70.7 Å². The fourth-order valence-electron chi connectivity index (χ4n) is 3.71. The van der Waals surface area contributed by atoms with E-state index in [-0.39, 0.29) is 18.1 Å². The third-order valence-electron chi connectivity index (χ3n) is 5.18. The molecule has 0 saturated carbocycles. The molecule has 2 fully saturated rings. The number of carbonyl (C=O) groups is 1. The number of likely N-dealkylation sites (tertiary alicyclic amines) is 1. The summed E-state index contributed by atoms with van der Waals surface area (Å²) in [7, 11) is 1.69. The highest BCUT2D eigenvalue weighted by atomic mass is 16.5. The molecule has 7 nitrogen and oxygen atoms in total. The zero-order valence-corrected chi connectivity index (χ0v) is 14.9. The van der Waals surface area contributed by atoms with E-state index in [1.165, 1.54) is 0 Å². The summed E-state index contributed by atoms with van der Waals surface area (Å²) in [6.07, 6.45) is 4.29. The van der Waals surface area contributed by atoms with E-state index in [9.17, 15) is 4.79 Å². The Balaban J connectivity index is 1.52. The number of morpholine rings is 1. The fraction of sp³-hybridized carbons (Fsp3) is 0.474. The summed E-state index contributed by atoms with van der Waals surface area (Å²) in [6, 6.07) is 7.77. The molecule has 2 aliphatic heterocycles. The van der Waals surface area contributed by atoms with Crippen molar-refractivity contribution in [2.45, 2.75) is 18.6 Å².